The van der Waals surface area contributed by atoms with Crippen LogP contribution in [0.1, 0.15) is 47.0 Å². The van der Waals surface area contributed by atoms with E-state index >= 15 is 0 Å². The van der Waals surface area contributed by atoms with E-state index in [4.69, 9.17) is 4.42 Å². The molecule has 2 atom stereocenters. The van der Waals surface area contributed by atoms with E-state index in [1.54, 1.807) is 24.1 Å². The second kappa shape index (κ2) is 11.2. The summed E-state index contributed by atoms with van der Waals surface area (Å²) in [4.78, 5) is 28.0. The van der Waals surface area contributed by atoms with Crippen LogP contribution in [-0.2, 0) is 4.79 Å². The first-order valence-corrected chi connectivity index (χ1v) is 11.9. The molecule has 1 aliphatic rings. The lowest BCUT2D eigenvalue weighted by molar-refractivity contribution is -0.123. The van der Waals surface area contributed by atoms with Crippen molar-refractivity contribution < 1.29 is 14.0 Å². The lowest BCUT2D eigenvalue weighted by Gasteiger charge is -2.27. The first-order valence-electron chi connectivity index (χ1n) is 10.5. The molecule has 1 aliphatic heterocycles. The molecule has 2 N–H and O–H groups in total. The van der Waals surface area contributed by atoms with Crippen molar-refractivity contribution in [3.8, 4) is 0 Å². The standard InChI is InChI=1S/C23H31N3O3S/c1-17-7-5-8-18(15-17)22(27)25-19(10-14-30-2)23(28)24-16-20(21-9-6-13-29-21)26-11-3-4-12-26/h5-9,13,15,19-20H,3-4,10-12,14,16H2,1-2H3,(H,24,28)(H,25,27). The Kier molecular flexibility index (Phi) is 8.39. The van der Waals surface area contributed by atoms with Crippen molar-refractivity contribution in [1.29, 1.82) is 0 Å². The number of nitrogens with one attached hydrogen (secondary N) is 2. The van der Waals surface area contributed by atoms with Gasteiger partial charge in [0.1, 0.15) is 11.8 Å². The molecule has 2 aromatic rings. The first kappa shape index (κ1) is 22.4. The van der Waals surface area contributed by atoms with Gasteiger partial charge in [0.2, 0.25) is 5.91 Å². The van der Waals surface area contributed by atoms with Crippen LogP contribution in [0.3, 0.4) is 0 Å². The third kappa shape index (κ3) is 6.12. The number of likely N-dealkylation sites (tertiary alicyclic amines) is 1. The van der Waals surface area contributed by atoms with E-state index in [0.29, 0.717) is 18.5 Å². The van der Waals surface area contributed by atoms with Gasteiger partial charge < -0.3 is 15.1 Å². The van der Waals surface area contributed by atoms with Crippen LogP contribution in [0.2, 0.25) is 0 Å². The normalized spacial score (nSPS) is 16.2. The van der Waals surface area contributed by atoms with E-state index in [2.05, 4.69) is 15.5 Å². The third-order valence-electron chi connectivity index (χ3n) is 5.44. The zero-order valence-electron chi connectivity index (χ0n) is 17.7. The highest BCUT2D eigenvalue weighted by Crippen LogP contribution is 2.25. The second-order valence-electron chi connectivity index (χ2n) is 7.70. The second-order valence-corrected chi connectivity index (χ2v) is 8.68. The van der Waals surface area contributed by atoms with Crippen LogP contribution in [0.25, 0.3) is 0 Å². The molecule has 0 spiro atoms. The van der Waals surface area contributed by atoms with Gasteiger partial charge in [0.25, 0.3) is 5.91 Å². The molecule has 1 saturated heterocycles. The fraction of sp³-hybridized carbons (Fsp3) is 0.478. The number of carbonyl (C=O) groups is 2. The Hall–Kier alpha value is -2.25. The number of furan rings is 1. The molecular weight excluding hydrogens is 398 g/mol. The van der Waals surface area contributed by atoms with Gasteiger partial charge in [-0.25, -0.2) is 0 Å². The molecule has 0 saturated carbocycles. The number of carbonyl (C=O) groups excluding carboxylic acids is 2. The molecular formula is C23H31N3O3S. The van der Waals surface area contributed by atoms with Gasteiger partial charge in [-0.2, -0.15) is 11.8 Å². The number of benzene rings is 1. The number of aryl methyl sites for hydroxylation is 1. The lowest BCUT2D eigenvalue weighted by Crippen LogP contribution is -2.49. The molecule has 0 radical (unpaired) electrons. The van der Waals surface area contributed by atoms with Crippen molar-refractivity contribution in [1.82, 2.24) is 15.5 Å². The van der Waals surface area contributed by atoms with Crippen molar-refractivity contribution in [2.45, 2.75) is 38.3 Å². The Labute approximate surface area is 182 Å². The highest BCUT2D eigenvalue weighted by atomic mass is 32.2. The van der Waals surface area contributed by atoms with Gasteiger partial charge in [-0.3, -0.25) is 14.5 Å². The Morgan fingerprint density at radius 3 is 2.67 bits per heavy atom. The highest BCUT2D eigenvalue weighted by Gasteiger charge is 2.28. The summed E-state index contributed by atoms with van der Waals surface area (Å²) in [6, 6.07) is 10.7. The monoisotopic (exact) mass is 429 g/mol. The molecule has 0 aliphatic carbocycles. The smallest absolute Gasteiger partial charge is 0.251 e. The van der Waals surface area contributed by atoms with E-state index in [0.717, 1.165) is 43.0 Å². The van der Waals surface area contributed by atoms with Gasteiger partial charge in [-0.05, 0) is 75.5 Å². The minimum atomic E-state index is -0.568. The number of amides is 2. The fourth-order valence-electron chi connectivity index (χ4n) is 3.80. The summed E-state index contributed by atoms with van der Waals surface area (Å²) in [5.41, 5.74) is 1.59. The quantitative estimate of drug-likeness (QED) is 0.606. The predicted molar refractivity (Wildman–Crippen MR) is 121 cm³/mol. The van der Waals surface area contributed by atoms with Crippen LogP contribution in [0, 0.1) is 6.92 Å². The van der Waals surface area contributed by atoms with Crippen molar-refractivity contribution in [2.75, 3.05) is 31.6 Å². The Morgan fingerprint density at radius 1 is 1.20 bits per heavy atom. The molecule has 2 amide bonds. The van der Waals surface area contributed by atoms with Crippen molar-refractivity contribution in [3.05, 3.63) is 59.5 Å². The molecule has 3 rings (SSSR count). The zero-order valence-corrected chi connectivity index (χ0v) is 18.5. The average molecular weight is 430 g/mol. The molecule has 1 aromatic carbocycles. The topological polar surface area (TPSA) is 74.6 Å². The zero-order chi connectivity index (χ0) is 21.3. The summed E-state index contributed by atoms with van der Waals surface area (Å²) in [5, 5.41) is 5.98. The van der Waals surface area contributed by atoms with E-state index in [9.17, 15) is 9.59 Å². The molecule has 0 bridgehead atoms. The molecule has 30 heavy (non-hydrogen) atoms. The summed E-state index contributed by atoms with van der Waals surface area (Å²) < 4.78 is 5.63. The molecule has 1 aromatic heterocycles. The number of hydrogen-bond acceptors (Lipinski definition) is 5. The van der Waals surface area contributed by atoms with Gasteiger partial charge in [-0.15, -0.1) is 0 Å². The number of thioether (sulfide) groups is 1. The SMILES string of the molecule is CSCCC(NC(=O)c1cccc(C)c1)C(=O)NCC(c1ccco1)N1CCCC1. The summed E-state index contributed by atoms with van der Waals surface area (Å²) in [6.45, 7) is 4.41. The largest absolute Gasteiger partial charge is 0.468 e. The minimum absolute atomic E-state index is 0.0140. The van der Waals surface area contributed by atoms with E-state index < -0.39 is 6.04 Å². The molecule has 2 unspecified atom stereocenters. The summed E-state index contributed by atoms with van der Waals surface area (Å²) >= 11 is 1.66. The van der Waals surface area contributed by atoms with E-state index in [-0.39, 0.29) is 17.9 Å². The molecule has 162 valence electrons. The Morgan fingerprint density at radius 2 is 2.00 bits per heavy atom. The van der Waals surface area contributed by atoms with Crippen LogP contribution in [0.5, 0.6) is 0 Å². The maximum absolute atomic E-state index is 13.0. The van der Waals surface area contributed by atoms with Crippen molar-refractivity contribution >= 4 is 23.6 Å². The summed E-state index contributed by atoms with van der Waals surface area (Å²) in [6.07, 6.45) is 6.57. The molecule has 7 heteroatoms. The fourth-order valence-corrected chi connectivity index (χ4v) is 4.27. The molecule has 6 nitrogen and oxygen atoms in total. The van der Waals surface area contributed by atoms with Crippen LogP contribution >= 0.6 is 11.8 Å². The lowest BCUT2D eigenvalue weighted by atomic mass is 10.1. The maximum Gasteiger partial charge on any atom is 0.251 e. The first-order chi connectivity index (χ1) is 14.6. The van der Waals surface area contributed by atoms with Gasteiger partial charge >= 0.3 is 0 Å². The third-order valence-corrected chi connectivity index (χ3v) is 6.08. The van der Waals surface area contributed by atoms with Crippen molar-refractivity contribution in [3.63, 3.8) is 0 Å². The van der Waals surface area contributed by atoms with Crippen molar-refractivity contribution in [2.24, 2.45) is 0 Å². The Bertz CT molecular complexity index is 819. The van der Waals surface area contributed by atoms with E-state index in [1.807, 2.05) is 43.5 Å². The molecule has 2 heterocycles. The number of hydrogen-bond donors (Lipinski definition) is 2. The average Bonchev–Trinajstić information content (AvgIpc) is 3.46. The molecule has 1 fully saturated rings. The highest BCUT2D eigenvalue weighted by molar-refractivity contribution is 7.98. The predicted octanol–water partition coefficient (Wildman–Crippen LogP) is 3.39. The maximum atomic E-state index is 13.0. The Balaban J connectivity index is 1.64. The van der Waals surface area contributed by atoms with Crippen LogP contribution < -0.4 is 10.6 Å². The van der Waals surface area contributed by atoms with Gasteiger partial charge in [-0.1, -0.05) is 17.7 Å². The number of rotatable bonds is 10. The van der Waals surface area contributed by atoms with Crippen LogP contribution in [0.4, 0.5) is 0 Å². The minimum Gasteiger partial charge on any atom is -0.468 e. The van der Waals surface area contributed by atoms with Crippen LogP contribution in [0.15, 0.2) is 47.1 Å². The van der Waals surface area contributed by atoms with Gasteiger partial charge in [0.05, 0.1) is 12.3 Å². The number of nitrogens with zero attached hydrogens (tertiary/aromatic N) is 1. The summed E-state index contributed by atoms with van der Waals surface area (Å²) in [5.74, 6) is 1.28. The van der Waals surface area contributed by atoms with Gasteiger partial charge in [0, 0.05) is 12.1 Å². The van der Waals surface area contributed by atoms with E-state index in [1.165, 1.54) is 0 Å². The summed E-state index contributed by atoms with van der Waals surface area (Å²) in [7, 11) is 0. The van der Waals surface area contributed by atoms with Gasteiger partial charge in [0.15, 0.2) is 0 Å². The van der Waals surface area contributed by atoms with Crippen LogP contribution in [-0.4, -0.2) is 54.4 Å².